The summed E-state index contributed by atoms with van der Waals surface area (Å²) in [6, 6.07) is 0. The highest BCUT2D eigenvalue weighted by atomic mass is 31.2. The van der Waals surface area contributed by atoms with Crippen molar-refractivity contribution in [3.63, 3.8) is 0 Å². The molecule has 0 saturated carbocycles. The molecular formula is C85H166O17P2. The number of aliphatic hydroxyl groups excluding tert-OH is 1. The first-order valence-electron chi connectivity index (χ1n) is 44.0. The number of phosphoric ester groups is 2. The van der Waals surface area contributed by atoms with E-state index >= 15 is 0 Å². The van der Waals surface area contributed by atoms with Gasteiger partial charge in [-0.3, -0.25) is 37.3 Å². The summed E-state index contributed by atoms with van der Waals surface area (Å²) in [4.78, 5) is 73.1. The second-order valence-corrected chi connectivity index (χ2v) is 34.2. The van der Waals surface area contributed by atoms with Gasteiger partial charge in [0.15, 0.2) is 12.2 Å². The second kappa shape index (κ2) is 76.4. The Labute approximate surface area is 638 Å². The Morgan fingerprint density at radius 1 is 0.279 bits per heavy atom. The maximum Gasteiger partial charge on any atom is 0.472 e. The number of hydrogen-bond acceptors (Lipinski definition) is 15. The van der Waals surface area contributed by atoms with Crippen molar-refractivity contribution in [2.45, 2.75) is 471 Å². The average molecular weight is 1520 g/mol. The summed E-state index contributed by atoms with van der Waals surface area (Å²) in [7, 11) is -9.92. The molecule has 0 heterocycles. The van der Waals surface area contributed by atoms with Crippen molar-refractivity contribution in [3.8, 4) is 0 Å². The summed E-state index contributed by atoms with van der Waals surface area (Å²) in [5.41, 5.74) is 0. The van der Waals surface area contributed by atoms with E-state index in [2.05, 4.69) is 41.5 Å². The van der Waals surface area contributed by atoms with Crippen molar-refractivity contribution < 1.29 is 80.2 Å². The Morgan fingerprint density at radius 3 is 0.731 bits per heavy atom. The molecular weight excluding hydrogens is 1350 g/mol. The number of aliphatic hydroxyl groups is 1. The molecule has 0 amide bonds. The highest BCUT2D eigenvalue weighted by Gasteiger charge is 2.30. The lowest BCUT2D eigenvalue weighted by Gasteiger charge is -2.21. The van der Waals surface area contributed by atoms with Crippen LogP contribution in [0.2, 0.25) is 0 Å². The molecule has 19 heteroatoms. The number of rotatable bonds is 84. The van der Waals surface area contributed by atoms with Gasteiger partial charge in [-0.15, -0.1) is 0 Å². The molecule has 0 aromatic carbocycles. The number of unbranched alkanes of at least 4 members (excludes halogenated alkanes) is 53. The Bertz CT molecular complexity index is 2000. The van der Waals surface area contributed by atoms with Crippen molar-refractivity contribution in [2.75, 3.05) is 39.6 Å². The molecule has 618 valence electrons. The standard InChI is InChI=1S/C85H166O17P2/c1-7-10-12-14-16-18-19-20-21-22-23-24-25-28-35-40-45-51-57-63-69-85(90)102-81(74-96-83(88)68-62-56-50-44-39-34-29-26-27-32-37-42-47-53-59-65-77(4)5)76-100-104(93,94)98-72-79(86)71-97-103(91,92)99-75-80(73-95-82(87)67-61-55-49-17-15-13-11-8-2)101-84(89)70-64-58-52-46-41-36-31-30-33-38-43-48-54-60-66-78(6)9-3/h77-81,86H,7-76H2,1-6H3,(H,91,92)(H,93,94)/t78?,79-,80+,81+/m0/s1. The number of hydrogen-bond donors (Lipinski definition) is 3. The van der Waals surface area contributed by atoms with Gasteiger partial charge in [-0.1, -0.05) is 401 Å². The predicted molar refractivity (Wildman–Crippen MR) is 428 cm³/mol. The zero-order valence-corrected chi connectivity index (χ0v) is 70.1. The fraction of sp³-hybridized carbons (Fsp3) is 0.953. The number of esters is 4. The van der Waals surface area contributed by atoms with E-state index in [-0.39, 0.29) is 25.7 Å². The molecule has 3 unspecified atom stereocenters. The van der Waals surface area contributed by atoms with Crippen LogP contribution in [-0.4, -0.2) is 96.7 Å². The maximum atomic E-state index is 13.1. The van der Waals surface area contributed by atoms with Crippen molar-refractivity contribution in [3.05, 3.63) is 0 Å². The molecule has 0 aliphatic rings. The van der Waals surface area contributed by atoms with E-state index < -0.39 is 97.5 Å². The minimum atomic E-state index is -4.96. The molecule has 0 saturated heterocycles. The number of phosphoric acid groups is 2. The number of ether oxygens (including phenoxy) is 4. The third kappa shape index (κ3) is 76.8. The number of carbonyl (C=O) groups excluding carboxylic acids is 4. The zero-order chi connectivity index (χ0) is 76.4. The quantitative estimate of drug-likeness (QED) is 0.0222. The summed E-state index contributed by atoms with van der Waals surface area (Å²) >= 11 is 0. The molecule has 0 radical (unpaired) electrons. The maximum absolute atomic E-state index is 13.1. The fourth-order valence-electron chi connectivity index (χ4n) is 13.2. The van der Waals surface area contributed by atoms with E-state index in [0.29, 0.717) is 25.7 Å². The van der Waals surface area contributed by atoms with Crippen LogP contribution in [0.3, 0.4) is 0 Å². The summed E-state index contributed by atoms with van der Waals surface area (Å²) in [5.74, 6) is -0.453. The second-order valence-electron chi connectivity index (χ2n) is 31.3. The Kier molecular flexibility index (Phi) is 75.0. The summed E-state index contributed by atoms with van der Waals surface area (Å²) < 4.78 is 68.8. The van der Waals surface area contributed by atoms with Crippen LogP contribution in [-0.2, 0) is 65.4 Å². The van der Waals surface area contributed by atoms with Crippen LogP contribution in [0.4, 0.5) is 0 Å². The Morgan fingerprint density at radius 2 is 0.490 bits per heavy atom. The van der Waals surface area contributed by atoms with Crippen LogP contribution < -0.4 is 0 Å². The minimum absolute atomic E-state index is 0.108. The first-order chi connectivity index (χ1) is 50.4. The van der Waals surface area contributed by atoms with Crippen molar-refractivity contribution in [1.29, 1.82) is 0 Å². The van der Waals surface area contributed by atoms with Gasteiger partial charge in [0.05, 0.1) is 26.4 Å². The topological polar surface area (TPSA) is 237 Å². The van der Waals surface area contributed by atoms with Crippen molar-refractivity contribution in [1.82, 2.24) is 0 Å². The fourth-order valence-corrected chi connectivity index (χ4v) is 14.8. The van der Waals surface area contributed by atoms with Crippen LogP contribution in [0.5, 0.6) is 0 Å². The first-order valence-corrected chi connectivity index (χ1v) is 47.0. The molecule has 0 aliphatic heterocycles. The van der Waals surface area contributed by atoms with Crippen molar-refractivity contribution in [2.24, 2.45) is 11.8 Å². The van der Waals surface area contributed by atoms with Crippen LogP contribution in [0.15, 0.2) is 0 Å². The summed E-state index contributed by atoms with van der Waals surface area (Å²) in [6.07, 6.45) is 68.1. The van der Waals surface area contributed by atoms with E-state index in [0.717, 1.165) is 108 Å². The van der Waals surface area contributed by atoms with Gasteiger partial charge in [0.2, 0.25) is 0 Å². The number of carbonyl (C=O) groups is 4. The van der Waals surface area contributed by atoms with E-state index in [1.165, 1.54) is 263 Å². The van der Waals surface area contributed by atoms with Crippen LogP contribution in [0.1, 0.15) is 452 Å². The van der Waals surface area contributed by atoms with Gasteiger partial charge in [-0.25, -0.2) is 9.13 Å². The largest absolute Gasteiger partial charge is 0.472 e. The smallest absolute Gasteiger partial charge is 0.462 e. The highest BCUT2D eigenvalue weighted by molar-refractivity contribution is 7.47. The normalized spacial score (nSPS) is 14.1. The SMILES string of the molecule is CCCCCCCCCCCCCCCCCCCCCCC(=O)O[C@H](COC(=O)CCCCCCCCCCCCCCCCCC(C)C)COP(=O)(O)OC[C@@H](O)COP(=O)(O)OC[C@@H](COC(=O)CCCCCCCCCC)OC(=O)CCCCCCCCCCCCCCCCC(C)CC. The molecule has 0 aromatic heterocycles. The third-order valence-electron chi connectivity index (χ3n) is 20.3. The van der Waals surface area contributed by atoms with E-state index in [1.807, 2.05) is 0 Å². The van der Waals surface area contributed by atoms with Gasteiger partial charge < -0.3 is 33.8 Å². The molecule has 6 atom stereocenters. The lowest BCUT2D eigenvalue weighted by molar-refractivity contribution is -0.161. The van der Waals surface area contributed by atoms with Gasteiger partial charge >= 0.3 is 39.5 Å². The van der Waals surface area contributed by atoms with E-state index in [1.54, 1.807) is 0 Å². The van der Waals surface area contributed by atoms with E-state index in [4.69, 9.17) is 37.0 Å². The molecule has 0 bridgehead atoms. The molecule has 0 fully saturated rings. The predicted octanol–water partition coefficient (Wildman–Crippen LogP) is 25.8. The van der Waals surface area contributed by atoms with Gasteiger partial charge in [0.25, 0.3) is 0 Å². The molecule has 0 aliphatic carbocycles. The molecule has 104 heavy (non-hydrogen) atoms. The lowest BCUT2D eigenvalue weighted by atomic mass is 9.99. The third-order valence-corrected chi connectivity index (χ3v) is 22.2. The van der Waals surface area contributed by atoms with Crippen LogP contribution >= 0.6 is 15.6 Å². The van der Waals surface area contributed by atoms with Gasteiger partial charge in [-0.05, 0) is 37.5 Å². The molecule has 3 N–H and O–H groups in total. The minimum Gasteiger partial charge on any atom is -0.462 e. The van der Waals surface area contributed by atoms with Gasteiger partial charge in [-0.2, -0.15) is 0 Å². The average Bonchev–Trinajstić information content (AvgIpc) is 0.931. The van der Waals surface area contributed by atoms with Crippen LogP contribution in [0, 0.1) is 11.8 Å². The first kappa shape index (κ1) is 102. The van der Waals surface area contributed by atoms with E-state index in [9.17, 15) is 43.2 Å². The Hall–Kier alpha value is -1.94. The molecule has 0 rings (SSSR count). The molecule has 17 nitrogen and oxygen atoms in total. The summed E-state index contributed by atoms with van der Waals surface area (Å²) in [6.45, 7) is 9.72. The highest BCUT2D eigenvalue weighted by Crippen LogP contribution is 2.45. The zero-order valence-electron chi connectivity index (χ0n) is 68.3. The van der Waals surface area contributed by atoms with Gasteiger partial charge in [0, 0.05) is 25.7 Å². The summed E-state index contributed by atoms with van der Waals surface area (Å²) in [5, 5.41) is 10.7. The van der Waals surface area contributed by atoms with Crippen LogP contribution in [0.25, 0.3) is 0 Å². The monoisotopic (exact) mass is 1520 g/mol. The molecule has 0 aromatic rings. The lowest BCUT2D eigenvalue weighted by Crippen LogP contribution is -2.30. The molecule has 0 spiro atoms. The van der Waals surface area contributed by atoms with Crippen molar-refractivity contribution >= 4 is 39.5 Å². The van der Waals surface area contributed by atoms with Gasteiger partial charge in [0.1, 0.15) is 19.3 Å². The Balaban J connectivity index is 5.19.